The number of carboxylic acids is 1. The Morgan fingerprint density at radius 1 is 0.935 bits per heavy atom. The number of aromatic nitrogens is 1. The van der Waals surface area contributed by atoms with Crippen LogP contribution < -0.4 is 21.7 Å². The van der Waals surface area contributed by atoms with Crippen LogP contribution in [-0.2, 0) is 25.6 Å². The lowest BCUT2D eigenvalue weighted by atomic mass is 10.0. The van der Waals surface area contributed by atoms with Crippen molar-refractivity contribution in [1.29, 1.82) is 0 Å². The summed E-state index contributed by atoms with van der Waals surface area (Å²) in [6, 6.07) is 4.45. The van der Waals surface area contributed by atoms with E-state index in [9.17, 15) is 19.2 Å². The first-order valence-electron chi connectivity index (χ1n) is 10.3. The summed E-state index contributed by atoms with van der Waals surface area (Å²) >= 11 is 0. The molecular formula is C21H27N5O5. The van der Waals surface area contributed by atoms with Crippen molar-refractivity contribution in [3.63, 3.8) is 0 Å². The molecule has 1 aliphatic rings. The molecule has 0 aliphatic carbocycles. The van der Waals surface area contributed by atoms with Gasteiger partial charge in [0.1, 0.15) is 18.1 Å². The van der Waals surface area contributed by atoms with Crippen molar-refractivity contribution in [2.75, 3.05) is 6.54 Å². The maximum Gasteiger partial charge on any atom is 0.305 e. The van der Waals surface area contributed by atoms with Crippen molar-refractivity contribution >= 4 is 34.6 Å². The van der Waals surface area contributed by atoms with E-state index in [1.165, 1.54) is 0 Å². The van der Waals surface area contributed by atoms with E-state index in [1.807, 2.05) is 24.3 Å². The molecule has 1 saturated heterocycles. The van der Waals surface area contributed by atoms with Crippen molar-refractivity contribution in [3.8, 4) is 0 Å². The van der Waals surface area contributed by atoms with Gasteiger partial charge < -0.3 is 31.8 Å². The van der Waals surface area contributed by atoms with Gasteiger partial charge in [0.2, 0.25) is 17.7 Å². The number of aromatic amines is 1. The largest absolute Gasteiger partial charge is 0.481 e. The minimum Gasteiger partial charge on any atom is -0.481 e. The maximum absolute atomic E-state index is 12.9. The van der Waals surface area contributed by atoms with E-state index in [2.05, 4.69) is 20.9 Å². The molecule has 3 rings (SSSR count). The third-order valence-electron chi connectivity index (χ3n) is 5.32. The van der Waals surface area contributed by atoms with Crippen LogP contribution in [0, 0.1) is 0 Å². The monoisotopic (exact) mass is 429 g/mol. The molecule has 166 valence electrons. The van der Waals surface area contributed by atoms with Crippen LogP contribution in [0.5, 0.6) is 0 Å². The van der Waals surface area contributed by atoms with Crippen LogP contribution in [0.2, 0.25) is 0 Å². The van der Waals surface area contributed by atoms with Gasteiger partial charge >= 0.3 is 5.97 Å². The smallest absolute Gasteiger partial charge is 0.305 e. The number of nitrogens with two attached hydrogens (primary N) is 1. The lowest BCUT2D eigenvalue weighted by Gasteiger charge is -2.20. The normalized spacial score (nSPS) is 22.1. The van der Waals surface area contributed by atoms with E-state index in [0.717, 1.165) is 16.5 Å². The molecule has 7 N–H and O–H groups in total. The van der Waals surface area contributed by atoms with E-state index in [-0.39, 0.29) is 6.42 Å². The molecule has 0 unspecified atom stereocenters. The Bertz CT molecular complexity index is 972. The molecule has 10 heteroatoms. The van der Waals surface area contributed by atoms with Gasteiger partial charge in [-0.25, -0.2) is 0 Å². The quantitative estimate of drug-likeness (QED) is 0.317. The fraction of sp³-hybridized carbons (Fsp3) is 0.429. The van der Waals surface area contributed by atoms with Crippen molar-refractivity contribution in [3.05, 3.63) is 36.0 Å². The number of nitrogens with one attached hydrogen (secondary N) is 4. The summed E-state index contributed by atoms with van der Waals surface area (Å²) in [6.45, 7) is 0.452. The van der Waals surface area contributed by atoms with Gasteiger partial charge in [-0.1, -0.05) is 18.2 Å². The van der Waals surface area contributed by atoms with Crippen LogP contribution in [0.25, 0.3) is 10.9 Å². The zero-order valence-electron chi connectivity index (χ0n) is 17.0. The highest BCUT2D eigenvalue weighted by Crippen LogP contribution is 2.19. The van der Waals surface area contributed by atoms with Crippen LogP contribution in [0.4, 0.5) is 0 Å². The van der Waals surface area contributed by atoms with Crippen LogP contribution in [0.3, 0.4) is 0 Å². The van der Waals surface area contributed by atoms with Gasteiger partial charge in [-0.3, -0.25) is 19.2 Å². The molecule has 3 amide bonds. The highest BCUT2D eigenvalue weighted by Gasteiger charge is 2.34. The highest BCUT2D eigenvalue weighted by molar-refractivity contribution is 5.98. The van der Waals surface area contributed by atoms with Crippen molar-refractivity contribution in [1.82, 2.24) is 20.9 Å². The number of fused-ring (bicyclic) bond motifs is 1. The first-order chi connectivity index (χ1) is 14.9. The molecule has 1 aromatic carbocycles. The number of para-hydroxylation sites is 1. The minimum atomic E-state index is -1.28. The lowest BCUT2D eigenvalue weighted by molar-refractivity contribution is -0.140. The summed E-state index contributed by atoms with van der Waals surface area (Å²) in [5.41, 5.74) is 7.23. The van der Waals surface area contributed by atoms with Gasteiger partial charge in [0.05, 0.1) is 6.42 Å². The van der Waals surface area contributed by atoms with Crippen molar-refractivity contribution in [2.45, 2.75) is 50.2 Å². The van der Waals surface area contributed by atoms with E-state index in [1.54, 1.807) is 6.20 Å². The molecule has 1 fully saturated rings. The number of aliphatic carboxylic acids is 1. The second-order valence-electron chi connectivity index (χ2n) is 7.63. The Morgan fingerprint density at radius 2 is 1.58 bits per heavy atom. The lowest BCUT2D eigenvalue weighted by Crippen LogP contribution is -2.52. The van der Waals surface area contributed by atoms with Crippen molar-refractivity contribution < 1.29 is 24.3 Å². The Kier molecular flexibility index (Phi) is 7.24. The average Bonchev–Trinajstić information content (AvgIpc) is 3.15. The molecule has 1 aliphatic heterocycles. The second kappa shape index (κ2) is 10.1. The third kappa shape index (κ3) is 5.60. The van der Waals surface area contributed by atoms with E-state index < -0.39 is 48.2 Å². The number of benzene rings is 1. The summed E-state index contributed by atoms with van der Waals surface area (Å²) in [5.74, 6) is -3.02. The average molecular weight is 429 g/mol. The standard InChI is InChI=1S/C21H27N5O5/c22-8-4-3-7-15-19(29)25-16(9-12-11-23-14-6-2-1-5-13(12)14)20(30)26-17(10-18(27)28)21(31)24-15/h1-2,5-6,11,15-17,23H,3-4,7-10,22H2,(H,24,31)(H,25,29)(H,26,30)(H,27,28)/t15-,16+,17+/m0/s1. The fourth-order valence-electron chi connectivity index (χ4n) is 3.69. The van der Waals surface area contributed by atoms with Gasteiger partial charge in [0, 0.05) is 23.5 Å². The number of amides is 3. The van der Waals surface area contributed by atoms with Crippen molar-refractivity contribution in [2.24, 2.45) is 5.73 Å². The van der Waals surface area contributed by atoms with Gasteiger partial charge in [0.25, 0.3) is 0 Å². The Labute approximate surface area is 178 Å². The predicted molar refractivity (Wildman–Crippen MR) is 113 cm³/mol. The fourth-order valence-corrected chi connectivity index (χ4v) is 3.69. The number of hydrogen-bond donors (Lipinski definition) is 6. The summed E-state index contributed by atoms with van der Waals surface area (Å²) in [5, 5.41) is 17.9. The Morgan fingerprint density at radius 3 is 2.32 bits per heavy atom. The molecule has 2 heterocycles. The van der Waals surface area contributed by atoms with Gasteiger partial charge in [-0.15, -0.1) is 0 Å². The molecule has 0 bridgehead atoms. The maximum atomic E-state index is 12.9. The van der Waals surface area contributed by atoms with E-state index >= 15 is 0 Å². The number of rotatable bonds is 8. The molecule has 31 heavy (non-hydrogen) atoms. The summed E-state index contributed by atoms with van der Waals surface area (Å²) in [6.07, 6.45) is 2.99. The highest BCUT2D eigenvalue weighted by atomic mass is 16.4. The van der Waals surface area contributed by atoms with E-state index in [4.69, 9.17) is 10.8 Å². The number of carbonyl (C=O) groups excluding carboxylic acids is 3. The van der Waals surface area contributed by atoms with Gasteiger partial charge in [-0.2, -0.15) is 0 Å². The topological polar surface area (TPSA) is 166 Å². The van der Waals surface area contributed by atoms with Gasteiger partial charge in [0.15, 0.2) is 0 Å². The molecular weight excluding hydrogens is 402 g/mol. The Hall–Kier alpha value is -3.40. The van der Waals surface area contributed by atoms with E-state index in [0.29, 0.717) is 25.8 Å². The SMILES string of the molecule is NCCCC[C@@H]1NC(=O)[C@@H](CC(=O)O)NC(=O)[C@@H](Cc2c[nH]c3ccccc23)NC1=O. The van der Waals surface area contributed by atoms with Crippen LogP contribution >= 0.6 is 0 Å². The first kappa shape index (κ1) is 22.3. The zero-order valence-corrected chi connectivity index (χ0v) is 17.0. The first-order valence-corrected chi connectivity index (χ1v) is 10.3. The summed E-state index contributed by atoms with van der Waals surface area (Å²) in [7, 11) is 0. The molecule has 0 spiro atoms. The van der Waals surface area contributed by atoms with Crippen LogP contribution in [-0.4, -0.2) is 58.5 Å². The number of unbranched alkanes of at least 4 members (excludes halogenated alkanes) is 1. The van der Waals surface area contributed by atoms with Gasteiger partial charge in [-0.05, 0) is 37.4 Å². The molecule has 2 aromatic rings. The molecule has 0 saturated carbocycles. The number of carboxylic acid groups (broad SMARTS) is 1. The zero-order chi connectivity index (χ0) is 22.4. The number of H-pyrrole nitrogens is 1. The molecule has 1 aromatic heterocycles. The number of hydrogen-bond acceptors (Lipinski definition) is 5. The predicted octanol–water partition coefficient (Wildman–Crippen LogP) is -0.218. The molecule has 3 atom stereocenters. The Balaban J connectivity index is 1.87. The summed E-state index contributed by atoms with van der Waals surface area (Å²) < 4.78 is 0. The third-order valence-corrected chi connectivity index (χ3v) is 5.32. The summed E-state index contributed by atoms with van der Waals surface area (Å²) in [4.78, 5) is 52.7. The number of carbonyl (C=O) groups is 4. The second-order valence-corrected chi connectivity index (χ2v) is 7.63. The van der Waals surface area contributed by atoms with Crippen LogP contribution in [0.15, 0.2) is 30.5 Å². The molecule has 0 radical (unpaired) electrons. The minimum absolute atomic E-state index is 0.186. The molecule has 10 nitrogen and oxygen atoms in total. The van der Waals surface area contributed by atoms with Crippen LogP contribution in [0.1, 0.15) is 31.2 Å².